The lowest BCUT2D eigenvalue weighted by molar-refractivity contribution is -0.147. The van der Waals surface area contributed by atoms with Gasteiger partial charge >= 0.3 is 5.97 Å². The van der Waals surface area contributed by atoms with Crippen LogP contribution in [0.15, 0.2) is 29.6 Å². The number of rotatable bonds is 6. The average molecular weight is 373 g/mol. The summed E-state index contributed by atoms with van der Waals surface area (Å²) >= 11 is 1.34. The van der Waals surface area contributed by atoms with Crippen molar-refractivity contribution in [3.05, 3.63) is 45.9 Å². The molecule has 2 amide bonds. The first-order valence-corrected chi connectivity index (χ1v) is 9.13. The maximum absolute atomic E-state index is 12.1. The lowest BCUT2D eigenvalue weighted by Crippen LogP contribution is -2.34. The molecule has 0 unspecified atom stereocenters. The van der Waals surface area contributed by atoms with Gasteiger partial charge in [0.15, 0.2) is 0 Å². The summed E-state index contributed by atoms with van der Waals surface area (Å²) in [5.74, 6) is -0.745. The van der Waals surface area contributed by atoms with Gasteiger partial charge in [-0.1, -0.05) is 17.7 Å². The van der Waals surface area contributed by atoms with Crippen molar-refractivity contribution < 1.29 is 19.1 Å². The van der Waals surface area contributed by atoms with Crippen molar-refractivity contribution in [3.63, 3.8) is 0 Å². The Morgan fingerprint density at radius 1 is 1.35 bits per heavy atom. The van der Waals surface area contributed by atoms with Crippen LogP contribution in [0.5, 0.6) is 0 Å². The van der Waals surface area contributed by atoms with Crippen LogP contribution in [-0.2, 0) is 32.1 Å². The molecule has 1 saturated heterocycles. The van der Waals surface area contributed by atoms with E-state index in [4.69, 9.17) is 4.74 Å². The number of amides is 2. The van der Waals surface area contributed by atoms with Crippen LogP contribution in [0.3, 0.4) is 0 Å². The zero-order valence-electron chi connectivity index (χ0n) is 14.3. The second-order valence-corrected chi connectivity index (χ2v) is 7.03. The van der Waals surface area contributed by atoms with Gasteiger partial charge in [-0.3, -0.25) is 9.59 Å². The largest absolute Gasteiger partial charge is 0.458 e. The van der Waals surface area contributed by atoms with Crippen molar-refractivity contribution in [3.8, 4) is 0 Å². The summed E-state index contributed by atoms with van der Waals surface area (Å²) in [5.41, 5.74) is 2.45. The Balaban J connectivity index is 1.46. The van der Waals surface area contributed by atoms with Crippen molar-refractivity contribution >= 4 is 34.8 Å². The van der Waals surface area contributed by atoms with E-state index < -0.39 is 12.0 Å². The molecule has 0 spiro atoms. The molecule has 26 heavy (non-hydrogen) atoms. The van der Waals surface area contributed by atoms with Gasteiger partial charge in [0.05, 0.1) is 12.1 Å². The first kappa shape index (κ1) is 18.1. The number of aryl methyl sites for hydroxylation is 1. The second kappa shape index (κ2) is 8.09. The quantitative estimate of drug-likeness (QED) is 0.755. The van der Waals surface area contributed by atoms with E-state index in [-0.39, 0.29) is 24.8 Å². The Labute approximate surface area is 154 Å². The Kier molecular flexibility index (Phi) is 5.62. The summed E-state index contributed by atoms with van der Waals surface area (Å²) in [6.07, 6.45) is 0.959. The molecule has 1 atom stereocenters. The number of benzene rings is 1. The number of aromatic nitrogens is 1. The predicted molar refractivity (Wildman–Crippen MR) is 96.6 cm³/mol. The SMILES string of the molecule is Cc1ccc(NC(=O)Cc2nc(COC(=O)[C@H]3CCC(=O)N3)cs2)cc1. The van der Waals surface area contributed by atoms with Crippen LogP contribution < -0.4 is 10.6 Å². The van der Waals surface area contributed by atoms with Gasteiger partial charge in [0.1, 0.15) is 17.7 Å². The Hall–Kier alpha value is -2.74. The van der Waals surface area contributed by atoms with Crippen LogP contribution in [0.25, 0.3) is 0 Å². The Bertz CT molecular complexity index is 816. The molecule has 0 saturated carbocycles. The van der Waals surface area contributed by atoms with E-state index in [0.29, 0.717) is 23.5 Å². The van der Waals surface area contributed by atoms with Gasteiger partial charge in [-0.2, -0.15) is 0 Å². The molecule has 3 rings (SSSR count). The first-order chi connectivity index (χ1) is 12.5. The van der Waals surface area contributed by atoms with Crippen LogP contribution in [0, 0.1) is 6.92 Å². The molecule has 1 aromatic heterocycles. The molecule has 7 nitrogen and oxygen atoms in total. The number of carbonyl (C=O) groups is 3. The van der Waals surface area contributed by atoms with E-state index in [1.165, 1.54) is 11.3 Å². The monoisotopic (exact) mass is 373 g/mol. The van der Waals surface area contributed by atoms with Crippen molar-refractivity contribution in [2.24, 2.45) is 0 Å². The molecule has 0 aliphatic carbocycles. The van der Waals surface area contributed by atoms with Crippen LogP contribution >= 0.6 is 11.3 Å². The van der Waals surface area contributed by atoms with E-state index in [1.54, 1.807) is 5.38 Å². The maximum atomic E-state index is 12.1. The van der Waals surface area contributed by atoms with E-state index in [0.717, 1.165) is 11.3 Å². The van der Waals surface area contributed by atoms with Crippen LogP contribution in [0.4, 0.5) is 5.69 Å². The summed E-state index contributed by atoms with van der Waals surface area (Å²) in [7, 11) is 0. The normalized spacial score (nSPS) is 16.2. The topological polar surface area (TPSA) is 97.4 Å². The third-order valence-electron chi connectivity index (χ3n) is 3.89. The highest BCUT2D eigenvalue weighted by Crippen LogP contribution is 2.15. The Morgan fingerprint density at radius 2 is 2.12 bits per heavy atom. The number of nitrogens with zero attached hydrogens (tertiary/aromatic N) is 1. The number of nitrogens with one attached hydrogen (secondary N) is 2. The van der Waals surface area contributed by atoms with Crippen molar-refractivity contribution in [2.45, 2.75) is 38.8 Å². The summed E-state index contributed by atoms with van der Waals surface area (Å²) in [6, 6.07) is 6.99. The molecule has 2 aromatic rings. The lowest BCUT2D eigenvalue weighted by Gasteiger charge is -2.08. The van der Waals surface area contributed by atoms with Crippen LogP contribution in [0.1, 0.15) is 29.1 Å². The maximum Gasteiger partial charge on any atom is 0.329 e. The van der Waals surface area contributed by atoms with Gasteiger partial charge in [0, 0.05) is 17.5 Å². The van der Waals surface area contributed by atoms with E-state index in [2.05, 4.69) is 15.6 Å². The summed E-state index contributed by atoms with van der Waals surface area (Å²) < 4.78 is 5.18. The summed E-state index contributed by atoms with van der Waals surface area (Å²) in [5, 5.41) is 7.79. The van der Waals surface area contributed by atoms with Crippen LogP contribution in [0.2, 0.25) is 0 Å². The molecule has 136 valence electrons. The van der Waals surface area contributed by atoms with Crippen molar-refractivity contribution in [2.75, 3.05) is 5.32 Å². The summed E-state index contributed by atoms with van der Waals surface area (Å²) in [4.78, 5) is 39.4. The third-order valence-corrected chi connectivity index (χ3v) is 4.79. The van der Waals surface area contributed by atoms with Crippen molar-refractivity contribution in [1.29, 1.82) is 0 Å². The standard InChI is InChI=1S/C18H19N3O4S/c1-11-2-4-12(5-3-11)19-16(23)8-17-20-13(10-26-17)9-25-18(24)14-6-7-15(22)21-14/h2-5,10,14H,6-9H2,1H3,(H,19,23)(H,21,22)/t14-/m1/s1. The molecular weight excluding hydrogens is 354 g/mol. The molecule has 1 aliphatic rings. The minimum atomic E-state index is -0.569. The number of hydrogen-bond acceptors (Lipinski definition) is 6. The highest BCUT2D eigenvalue weighted by molar-refractivity contribution is 7.09. The van der Waals surface area contributed by atoms with Crippen LogP contribution in [-0.4, -0.2) is 28.8 Å². The smallest absolute Gasteiger partial charge is 0.329 e. The number of carbonyl (C=O) groups excluding carboxylic acids is 3. The fourth-order valence-electron chi connectivity index (χ4n) is 2.51. The molecule has 8 heteroatoms. The molecule has 1 aromatic carbocycles. The predicted octanol–water partition coefficient (Wildman–Crippen LogP) is 1.95. The number of anilines is 1. The molecule has 1 aliphatic heterocycles. The Morgan fingerprint density at radius 3 is 2.81 bits per heavy atom. The van der Waals surface area contributed by atoms with E-state index in [1.807, 2.05) is 31.2 Å². The first-order valence-electron chi connectivity index (χ1n) is 8.25. The number of esters is 1. The van der Waals surface area contributed by atoms with E-state index in [9.17, 15) is 14.4 Å². The second-order valence-electron chi connectivity index (χ2n) is 6.09. The van der Waals surface area contributed by atoms with Gasteiger partial charge in [-0.25, -0.2) is 9.78 Å². The summed E-state index contributed by atoms with van der Waals surface area (Å²) in [6.45, 7) is 2.01. The minimum Gasteiger partial charge on any atom is -0.458 e. The highest BCUT2D eigenvalue weighted by Gasteiger charge is 2.28. The lowest BCUT2D eigenvalue weighted by atomic mass is 10.2. The number of thiazole rings is 1. The van der Waals surface area contributed by atoms with Gasteiger partial charge in [0.2, 0.25) is 11.8 Å². The van der Waals surface area contributed by atoms with Gasteiger partial charge < -0.3 is 15.4 Å². The molecule has 0 bridgehead atoms. The van der Waals surface area contributed by atoms with Crippen molar-refractivity contribution in [1.82, 2.24) is 10.3 Å². The van der Waals surface area contributed by atoms with Gasteiger partial charge in [0.25, 0.3) is 0 Å². The van der Waals surface area contributed by atoms with E-state index >= 15 is 0 Å². The average Bonchev–Trinajstić information content (AvgIpc) is 3.24. The zero-order chi connectivity index (χ0) is 18.5. The fraction of sp³-hybridized carbons (Fsp3) is 0.333. The van der Waals surface area contributed by atoms with Gasteiger partial charge in [-0.05, 0) is 25.5 Å². The third kappa shape index (κ3) is 4.89. The minimum absolute atomic E-state index is 0.0291. The highest BCUT2D eigenvalue weighted by atomic mass is 32.1. The number of hydrogen-bond donors (Lipinski definition) is 2. The fourth-order valence-corrected chi connectivity index (χ4v) is 3.29. The van der Waals surface area contributed by atoms with Gasteiger partial charge in [-0.15, -0.1) is 11.3 Å². The number of ether oxygens (including phenoxy) is 1. The molecule has 2 heterocycles. The molecule has 0 radical (unpaired) electrons. The molecular formula is C18H19N3O4S. The zero-order valence-corrected chi connectivity index (χ0v) is 15.1. The molecule has 2 N–H and O–H groups in total. The molecule has 1 fully saturated rings.